The van der Waals surface area contributed by atoms with Crippen LogP contribution in [-0.2, 0) is 14.8 Å². The van der Waals surface area contributed by atoms with Gasteiger partial charge in [0, 0.05) is 27.5 Å². The summed E-state index contributed by atoms with van der Waals surface area (Å²) in [5.41, 5.74) is 9.10. The van der Waals surface area contributed by atoms with Crippen LogP contribution in [0.3, 0.4) is 0 Å². The molecular formula is C32H36N4O4S2. The summed E-state index contributed by atoms with van der Waals surface area (Å²) in [7, 11) is -4.06. The van der Waals surface area contributed by atoms with Crippen molar-refractivity contribution in [2.45, 2.75) is 44.4 Å². The fourth-order valence-corrected chi connectivity index (χ4v) is 6.63. The zero-order chi connectivity index (χ0) is 30.4. The van der Waals surface area contributed by atoms with Gasteiger partial charge in [-0.25, -0.2) is 13.8 Å². The van der Waals surface area contributed by atoms with E-state index in [0.717, 1.165) is 31.8 Å². The Balaban J connectivity index is 1.56. The summed E-state index contributed by atoms with van der Waals surface area (Å²) in [5, 5.41) is 4.17. The van der Waals surface area contributed by atoms with Gasteiger partial charge in [0.2, 0.25) is 0 Å². The Labute approximate surface area is 252 Å². The quantitative estimate of drug-likeness (QED) is 0.125. The molecule has 0 fully saturated rings. The Hall–Kier alpha value is -4.02. The fraction of sp³-hybridized carbons (Fsp3) is 0.250. The maximum absolute atomic E-state index is 13.7. The number of hydrogen-bond donors (Lipinski definition) is 1. The molecule has 8 nitrogen and oxygen atoms in total. The average Bonchev–Trinajstić information content (AvgIpc) is 3.24. The highest BCUT2D eigenvalue weighted by molar-refractivity contribution is 7.98. The minimum absolute atomic E-state index is 0.0873. The second-order valence-electron chi connectivity index (χ2n) is 9.92. The van der Waals surface area contributed by atoms with Gasteiger partial charge in [-0.3, -0.25) is 9.10 Å². The monoisotopic (exact) mass is 604 g/mol. The highest BCUT2D eigenvalue weighted by Crippen LogP contribution is 2.27. The van der Waals surface area contributed by atoms with E-state index in [0.29, 0.717) is 18.0 Å². The molecule has 3 aromatic carbocycles. The molecule has 0 saturated heterocycles. The molecule has 0 aliphatic rings. The van der Waals surface area contributed by atoms with Crippen molar-refractivity contribution in [3.8, 4) is 11.4 Å². The number of nitrogens with one attached hydrogen (secondary N) is 1. The van der Waals surface area contributed by atoms with Gasteiger partial charge in [-0.1, -0.05) is 6.07 Å². The van der Waals surface area contributed by atoms with Gasteiger partial charge in [0.1, 0.15) is 12.3 Å². The van der Waals surface area contributed by atoms with E-state index in [2.05, 4.69) is 47.1 Å². The first kappa shape index (κ1) is 30.9. The van der Waals surface area contributed by atoms with Gasteiger partial charge in [0.05, 0.1) is 23.4 Å². The largest absolute Gasteiger partial charge is 0.494 e. The van der Waals surface area contributed by atoms with Crippen LogP contribution in [0.2, 0.25) is 0 Å². The number of aryl methyl sites for hydroxylation is 3. The van der Waals surface area contributed by atoms with E-state index in [1.54, 1.807) is 54.7 Å². The molecule has 10 heteroatoms. The maximum atomic E-state index is 13.7. The number of sulfonamides is 1. The number of ether oxygens (including phenoxy) is 1. The molecule has 0 spiro atoms. The van der Waals surface area contributed by atoms with Crippen molar-refractivity contribution in [1.82, 2.24) is 9.99 Å². The number of amides is 1. The van der Waals surface area contributed by atoms with E-state index in [1.165, 1.54) is 22.9 Å². The Morgan fingerprint density at radius 2 is 1.62 bits per heavy atom. The lowest BCUT2D eigenvalue weighted by atomic mass is 10.1. The highest BCUT2D eigenvalue weighted by atomic mass is 32.2. The lowest BCUT2D eigenvalue weighted by Crippen LogP contribution is -2.39. The lowest BCUT2D eigenvalue weighted by molar-refractivity contribution is -0.119. The fourth-order valence-electron chi connectivity index (χ4n) is 4.80. The van der Waals surface area contributed by atoms with Crippen LogP contribution in [0.1, 0.15) is 35.0 Å². The number of nitrogens with zero attached hydrogens (tertiary/aromatic N) is 3. The summed E-state index contributed by atoms with van der Waals surface area (Å²) in [5.74, 6) is 0.0305. The van der Waals surface area contributed by atoms with E-state index in [4.69, 9.17) is 4.74 Å². The predicted molar refractivity (Wildman–Crippen MR) is 171 cm³/mol. The van der Waals surface area contributed by atoms with Crippen LogP contribution in [0.5, 0.6) is 5.75 Å². The van der Waals surface area contributed by atoms with Crippen molar-refractivity contribution in [3.63, 3.8) is 0 Å². The number of rotatable bonds is 11. The van der Waals surface area contributed by atoms with Crippen molar-refractivity contribution >= 4 is 39.6 Å². The number of carbonyl (C=O) groups excluding carboxylic acids is 1. The highest BCUT2D eigenvalue weighted by Gasteiger charge is 2.27. The summed E-state index contributed by atoms with van der Waals surface area (Å²) in [6.07, 6.45) is 3.50. The number of thioether (sulfide) groups is 1. The standard InChI is InChI=1S/C32H36N4O4S2/c1-7-40-29-10-8-27(9-11-29)35(42(38,39)31-14-12-30(41-6)13-15-31)21-32(37)34-33-20-26-19-24(4)36(25(26)5)28-17-22(2)16-23(3)18-28/h8-20H,7,21H2,1-6H3,(H,34,37)/b33-20+. The molecule has 42 heavy (non-hydrogen) atoms. The van der Waals surface area contributed by atoms with E-state index in [9.17, 15) is 13.2 Å². The van der Waals surface area contributed by atoms with Crippen LogP contribution in [0, 0.1) is 27.7 Å². The molecule has 0 atom stereocenters. The minimum atomic E-state index is -4.06. The summed E-state index contributed by atoms with van der Waals surface area (Å²) in [6, 6.07) is 21.6. The van der Waals surface area contributed by atoms with Crippen LogP contribution in [-0.4, -0.2) is 44.5 Å². The molecular weight excluding hydrogens is 569 g/mol. The second kappa shape index (κ2) is 13.3. The first-order valence-corrected chi connectivity index (χ1v) is 16.2. The third kappa shape index (κ3) is 7.06. The van der Waals surface area contributed by atoms with Gasteiger partial charge in [0.25, 0.3) is 15.9 Å². The molecule has 4 rings (SSSR count). The van der Waals surface area contributed by atoms with Crippen LogP contribution < -0.4 is 14.5 Å². The van der Waals surface area contributed by atoms with Crippen LogP contribution in [0.25, 0.3) is 5.69 Å². The predicted octanol–water partition coefficient (Wildman–Crippen LogP) is 6.18. The number of benzene rings is 3. The minimum Gasteiger partial charge on any atom is -0.494 e. The van der Waals surface area contributed by atoms with E-state index in [1.807, 2.05) is 33.1 Å². The number of carbonyl (C=O) groups is 1. The first-order chi connectivity index (χ1) is 20.0. The van der Waals surface area contributed by atoms with Crippen molar-refractivity contribution in [2.24, 2.45) is 5.10 Å². The normalized spacial score (nSPS) is 11.6. The molecule has 1 heterocycles. The lowest BCUT2D eigenvalue weighted by Gasteiger charge is -2.24. The number of hydrazone groups is 1. The third-order valence-electron chi connectivity index (χ3n) is 6.70. The summed E-state index contributed by atoms with van der Waals surface area (Å²) in [6.45, 7) is 10.0. The Kier molecular flexibility index (Phi) is 9.80. The molecule has 0 radical (unpaired) electrons. The molecule has 0 saturated carbocycles. The van der Waals surface area contributed by atoms with Crippen molar-refractivity contribution in [1.29, 1.82) is 0 Å². The van der Waals surface area contributed by atoms with Crippen molar-refractivity contribution in [2.75, 3.05) is 23.7 Å². The van der Waals surface area contributed by atoms with E-state index >= 15 is 0 Å². The number of aromatic nitrogens is 1. The second-order valence-corrected chi connectivity index (χ2v) is 12.7. The molecule has 0 bridgehead atoms. The van der Waals surface area contributed by atoms with Crippen LogP contribution in [0.15, 0.2) is 87.7 Å². The third-order valence-corrected chi connectivity index (χ3v) is 9.23. The molecule has 4 aromatic rings. The topological polar surface area (TPSA) is 93.0 Å². The number of hydrogen-bond acceptors (Lipinski definition) is 6. The molecule has 0 aliphatic carbocycles. The Bertz CT molecular complexity index is 1670. The zero-order valence-electron chi connectivity index (χ0n) is 24.7. The molecule has 0 unspecified atom stereocenters. The van der Waals surface area contributed by atoms with Gasteiger partial charge >= 0.3 is 0 Å². The van der Waals surface area contributed by atoms with Gasteiger partial charge in [-0.05, 0) is 119 Å². The van der Waals surface area contributed by atoms with E-state index < -0.39 is 22.5 Å². The van der Waals surface area contributed by atoms with Crippen LogP contribution >= 0.6 is 11.8 Å². The van der Waals surface area contributed by atoms with Gasteiger partial charge < -0.3 is 9.30 Å². The molecule has 0 aliphatic heterocycles. The number of anilines is 1. The van der Waals surface area contributed by atoms with Crippen LogP contribution in [0.4, 0.5) is 5.69 Å². The Morgan fingerprint density at radius 1 is 0.976 bits per heavy atom. The first-order valence-electron chi connectivity index (χ1n) is 13.5. The summed E-state index contributed by atoms with van der Waals surface area (Å²) >= 11 is 1.52. The molecule has 1 aromatic heterocycles. The molecule has 1 amide bonds. The molecule has 220 valence electrons. The van der Waals surface area contributed by atoms with Gasteiger partial charge in [-0.15, -0.1) is 11.8 Å². The van der Waals surface area contributed by atoms with Crippen molar-refractivity contribution in [3.05, 3.63) is 101 Å². The van der Waals surface area contributed by atoms with Gasteiger partial charge in [-0.2, -0.15) is 5.10 Å². The maximum Gasteiger partial charge on any atom is 0.264 e. The smallest absolute Gasteiger partial charge is 0.264 e. The van der Waals surface area contributed by atoms with E-state index in [-0.39, 0.29) is 4.90 Å². The molecule has 1 N–H and O–H groups in total. The zero-order valence-corrected chi connectivity index (χ0v) is 26.3. The average molecular weight is 605 g/mol. The summed E-state index contributed by atoms with van der Waals surface area (Å²) < 4.78 is 36.1. The Morgan fingerprint density at radius 3 is 2.21 bits per heavy atom. The van der Waals surface area contributed by atoms with Gasteiger partial charge in [0.15, 0.2) is 0 Å². The summed E-state index contributed by atoms with van der Waals surface area (Å²) in [4.78, 5) is 14.1. The van der Waals surface area contributed by atoms with Crippen molar-refractivity contribution < 1.29 is 17.9 Å². The SMILES string of the molecule is CCOc1ccc(N(CC(=O)N/N=C/c2cc(C)n(-c3cc(C)cc(C)c3)c2C)S(=O)(=O)c2ccc(SC)cc2)cc1.